The summed E-state index contributed by atoms with van der Waals surface area (Å²) in [5.74, 6) is 0.407. The highest BCUT2D eigenvalue weighted by Crippen LogP contribution is 2.24. The molecule has 0 bridgehead atoms. The lowest BCUT2D eigenvalue weighted by atomic mass is 9.85. The number of hydrogen-bond donors (Lipinski definition) is 2. The van der Waals surface area contributed by atoms with Gasteiger partial charge in [-0.15, -0.1) is 12.4 Å². The van der Waals surface area contributed by atoms with Crippen molar-refractivity contribution in [2.24, 2.45) is 11.7 Å². The number of nitrogens with zero attached hydrogens (tertiary/aromatic N) is 1. The number of nitrogens with two attached hydrogens (primary N) is 1. The molecule has 2 unspecified atom stereocenters. The molecule has 1 aliphatic carbocycles. The van der Waals surface area contributed by atoms with Gasteiger partial charge < -0.3 is 16.0 Å². The molecule has 0 aromatic carbocycles. The van der Waals surface area contributed by atoms with E-state index in [9.17, 15) is 4.79 Å². The normalized spacial score (nSPS) is 29.0. The maximum Gasteiger partial charge on any atom is 0.223 e. The van der Waals surface area contributed by atoms with Crippen LogP contribution in [0, 0.1) is 5.92 Å². The lowest BCUT2D eigenvalue weighted by Crippen LogP contribution is -2.48. The van der Waals surface area contributed by atoms with E-state index in [4.69, 9.17) is 5.73 Å². The lowest BCUT2D eigenvalue weighted by Gasteiger charge is -2.36. The molecule has 4 nitrogen and oxygen atoms in total. The first-order valence-corrected chi connectivity index (χ1v) is 7.86. The molecule has 0 aromatic rings. The third-order valence-corrected chi connectivity index (χ3v) is 4.69. The second-order valence-electron chi connectivity index (χ2n) is 6.54. The molecule has 2 rings (SSSR count). The molecule has 2 atom stereocenters. The molecule has 0 spiro atoms. The van der Waals surface area contributed by atoms with Crippen LogP contribution in [-0.4, -0.2) is 42.0 Å². The number of likely N-dealkylation sites (tertiary alicyclic amines) is 1. The van der Waals surface area contributed by atoms with E-state index in [2.05, 4.69) is 24.1 Å². The van der Waals surface area contributed by atoms with Gasteiger partial charge in [0, 0.05) is 37.1 Å². The Morgan fingerprint density at radius 2 is 1.85 bits per heavy atom. The molecular weight excluding hydrogens is 274 g/mol. The topological polar surface area (TPSA) is 58.4 Å². The number of halogens is 1. The number of nitrogens with one attached hydrogen (secondary N) is 1. The standard InChI is InChI=1S/C15H29N3O.ClH/c1-11(2)18-8-6-14(7-9-18)17-15(19)12-4-3-5-13(16)10-12;/h11-14H,3-10,16H2,1-2H3,(H,17,19);1H. The van der Waals surface area contributed by atoms with Crippen LogP contribution in [0.4, 0.5) is 0 Å². The average Bonchev–Trinajstić information content (AvgIpc) is 2.39. The van der Waals surface area contributed by atoms with Gasteiger partial charge in [-0.05, 0) is 46.0 Å². The van der Waals surface area contributed by atoms with E-state index in [1.54, 1.807) is 0 Å². The number of carbonyl (C=O) groups excluding carboxylic acids is 1. The summed E-state index contributed by atoms with van der Waals surface area (Å²) >= 11 is 0. The summed E-state index contributed by atoms with van der Waals surface area (Å²) in [5.41, 5.74) is 5.96. The number of amides is 1. The zero-order valence-electron chi connectivity index (χ0n) is 12.8. The monoisotopic (exact) mass is 303 g/mol. The smallest absolute Gasteiger partial charge is 0.223 e. The largest absolute Gasteiger partial charge is 0.353 e. The molecule has 2 fully saturated rings. The number of hydrogen-bond acceptors (Lipinski definition) is 3. The van der Waals surface area contributed by atoms with Crippen LogP contribution < -0.4 is 11.1 Å². The van der Waals surface area contributed by atoms with Crippen molar-refractivity contribution >= 4 is 18.3 Å². The molecule has 118 valence electrons. The third kappa shape index (κ3) is 4.90. The molecule has 1 saturated carbocycles. The Morgan fingerprint density at radius 3 is 2.40 bits per heavy atom. The number of carbonyl (C=O) groups is 1. The fourth-order valence-electron chi connectivity index (χ4n) is 3.34. The second kappa shape index (κ2) is 8.20. The van der Waals surface area contributed by atoms with Gasteiger partial charge in [-0.1, -0.05) is 6.42 Å². The van der Waals surface area contributed by atoms with Crippen molar-refractivity contribution in [1.29, 1.82) is 0 Å². The second-order valence-corrected chi connectivity index (χ2v) is 6.54. The van der Waals surface area contributed by atoms with Gasteiger partial charge in [0.2, 0.25) is 5.91 Å². The van der Waals surface area contributed by atoms with Crippen molar-refractivity contribution in [2.45, 2.75) is 70.5 Å². The zero-order chi connectivity index (χ0) is 13.8. The minimum absolute atomic E-state index is 0. The molecule has 1 aliphatic heterocycles. The molecule has 0 radical (unpaired) electrons. The quantitative estimate of drug-likeness (QED) is 0.837. The van der Waals surface area contributed by atoms with Gasteiger partial charge in [0.05, 0.1) is 0 Å². The summed E-state index contributed by atoms with van der Waals surface area (Å²) in [6.07, 6.45) is 6.24. The van der Waals surface area contributed by atoms with E-state index in [1.807, 2.05) is 0 Å². The summed E-state index contributed by atoms with van der Waals surface area (Å²) < 4.78 is 0. The summed E-state index contributed by atoms with van der Waals surface area (Å²) in [5, 5.41) is 3.25. The van der Waals surface area contributed by atoms with Crippen molar-refractivity contribution in [3.05, 3.63) is 0 Å². The van der Waals surface area contributed by atoms with Crippen molar-refractivity contribution in [2.75, 3.05) is 13.1 Å². The maximum absolute atomic E-state index is 12.2. The van der Waals surface area contributed by atoms with E-state index in [0.29, 0.717) is 12.1 Å². The highest BCUT2D eigenvalue weighted by atomic mass is 35.5. The van der Waals surface area contributed by atoms with Crippen molar-refractivity contribution < 1.29 is 4.79 Å². The molecular formula is C15H30ClN3O. The highest BCUT2D eigenvalue weighted by Gasteiger charge is 2.28. The van der Waals surface area contributed by atoms with Crippen molar-refractivity contribution in [3.8, 4) is 0 Å². The van der Waals surface area contributed by atoms with E-state index >= 15 is 0 Å². The molecule has 3 N–H and O–H groups in total. The molecule has 20 heavy (non-hydrogen) atoms. The Labute approximate surface area is 129 Å². The van der Waals surface area contributed by atoms with Crippen LogP contribution in [0.25, 0.3) is 0 Å². The van der Waals surface area contributed by atoms with Crippen LogP contribution >= 0.6 is 12.4 Å². The van der Waals surface area contributed by atoms with Crippen LogP contribution in [0.1, 0.15) is 52.4 Å². The number of rotatable bonds is 3. The first kappa shape index (κ1) is 17.7. The Kier molecular flexibility index (Phi) is 7.27. The average molecular weight is 304 g/mol. The Morgan fingerprint density at radius 1 is 1.20 bits per heavy atom. The summed E-state index contributed by atoms with van der Waals surface area (Å²) in [6.45, 7) is 6.68. The maximum atomic E-state index is 12.2. The van der Waals surface area contributed by atoms with E-state index < -0.39 is 0 Å². The molecule has 2 aliphatic rings. The summed E-state index contributed by atoms with van der Waals surface area (Å²) in [6, 6.07) is 1.22. The van der Waals surface area contributed by atoms with Crippen LogP contribution in [0.3, 0.4) is 0 Å². The first-order valence-electron chi connectivity index (χ1n) is 7.86. The first-order chi connectivity index (χ1) is 9.06. The third-order valence-electron chi connectivity index (χ3n) is 4.69. The summed E-state index contributed by atoms with van der Waals surface area (Å²) in [7, 11) is 0. The Hall–Kier alpha value is -0.320. The van der Waals surface area contributed by atoms with Gasteiger partial charge in [-0.2, -0.15) is 0 Å². The van der Waals surface area contributed by atoms with Crippen LogP contribution in [-0.2, 0) is 4.79 Å². The summed E-state index contributed by atoms with van der Waals surface area (Å²) in [4.78, 5) is 14.7. The predicted molar refractivity (Wildman–Crippen MR) is 85.1 cm³/mol. The van der Waals surface area contributed by atoms with Crippen LogP contribution in [0.15, 0.2) is 0 Å². The van der Waals surface area contributed by atoms with Crippen molar-refractivity contribution in [1.82, 2.24) is 10.2 Å². The molecule has 0 aromatic heterocycles. The van der Waals surface area contributed by atoms with E-state index in [-0.39, 0.29) is 30.3 Å². The fraction of sp³-hybridized carbons (Fsp3) is 0.933. The minimum Gasteiger partial charge on any atom is -0.353 e. The van der Waals surface area contributed by atoms with Gasteiger partial charge in [0.1, 0.15) is 0 Å². The van der Waals surface area contributed by atoms with Gasteiger partial charge in [-0.3, -0.25) is 4.79 Å². The van der Waals surface area contributed by atoms with Gasteiger partial charge >= 0.3 is 0 Å². The van der Waals surface area contributed by atoms with Gasteiger partial charge in [-0.25, -0.2) is 0 Å². The van der Waals surface area contributed by atoms with Crippen LogP contribution in [0.5, 0.6) is 0 Å². The Balaban J connectivity index is 0.00000200. The Bertz CT molecular complexity index is 303. The molecule has 1 saturated heterocycles. The minimum atomic E-state index is 0. The van der Waals surface area contributed by atoms with Crippen molar-refractivity contribution in [3.63, 3.8) is 0 Å². The fourth-order valence-corrected chi connectivity index (χ4v) is 3.34. The van der Waals surface area contributed by atoms with E-state index in [1.165, 1.54) is 0 Å². The predicted octanol–water partition coefficient (Wildman–Crippen LogP) is 1.91. The number of piperidine rings is 1. The van der Waals surface area contributed by atoms with Gasteiger partial charge in [0.25, 0.3) is 0 Å². The van der Waals surface area contributed by atoms with Gasteiger partial charge in [0.15, 0.2) is 0 Å². The van der Waals surface area contributed by atoms with E-state index in [0.717, 1.165) is 51.6 Å². The highest BCUT2D eigenvalue weighted by molar-refractivity contribution is 5.85. The zero-order valence-corrected chi connectivity index (χ0v) is 13.6. The lowest BCUT2D eigenvalue weighted by molar-refractivity contribution is -0.127. The molecule has 1 amide bonds. The van der Waals surface area contributed by atoms with Crippen LogP contribution in [0.2, 0.25) is 0 Å². The molecule has 1 heterocycles. The molecule has 5 heteroatoms. The SMILES string of the molecule is CC(C)N1CCC(NC(=O)C2CCCC(N)C2)CC1.Cl.